The molecule has 25 heavy (non-hydrogen) atoms. The van der Waals surface area contributed by atoms with E-state index in [0.29, 0.717) is 6.10 Å². The van der Waals surface area contributed by atoms with Gasteiger partial charge in [-0.2, -0.15) is 5.10 Å². The largest absolute Gasteiger partial charge is 0.490 e. The van der Waals surface area contributed by atoms with Crippen LogP contribution in [0.2, 0.25) is 0 Å². The highest BCUT2D eigenvalue weighted by Gasteiger charge is 2.14. The molecule has 2 aromatic carbocycles. The van der Waals surface area contributed by atoms with Crippen molar-refractivity contribution >= 4 is 17.9 Å². The van der Waals surface area contributed by atoms with E-state index in [2.05, 4.69) is 10.5 Å². The number of hydrogen-bond acceptors (Lipinski definition) is 4. The Bertz CT molecular complexity index is 718. The van der Waals surface area contributed by atoms with Gasteiger partial charge in [0, 0.05) is 0 Å². The molecule has 2 aromatic rings. The van der Waals surface area contributed by atoms with Gasteiger partial charge in [0.25, 0.3) is 0 Å². The highest BCUT2D eigenvalue weighted by molar-refractivity contribution is 5.88. The summed E-state index contributed by atoms with van der Waals surface area (Å²) in [5.74, 6) is -0.0353. The quantitative estimate of drug-likeness (QED) is 0.599. The summed E-state index contributed by atoms with van der Waals surface area (Å²) in [6.45, 7) is 0. The second-order valence-electron chi connectivity index (χ2n) is 6.20. The molecular weight excluding hydrogens is 316 g/mol. The number of anilines is 1. The Morgan fingerprint density at radius 3 is 2.36 bits per heavy atom. The molecule has 0 aromatic heterocycles. The van der Waals surface area contributed by atoms with Crippen molar-refractivity contribution < 1.29 is 14.6 Å². The van der Waals surface area contributed by atoms with Crippen molar-refractivity contribution in [3.8, 4) is 5.75 Å². The Hall–Kier alpha value is -2.82. The fraction of sp³-hybridized carbons (Fsp3) is 0.300. The highest BCUT2D eigenvalue weighted by Crippen LogP contribution is 2.23. The van der Waals surface area contributed by atoms with Crippen LogP contribution < -0.4 is 10.2 Å². The molecule has 0 radical (unpaired) electrons. The molecule has 3 rings (SSSR count). The Morgan fingerprint density at radius 1 is 1.04 bits per heavy atom. The summed E-state index contributed by atoms with van der Waals surface area (Å²) in [6, 6.07) is 14.3. The average molecular weight is 338 g/mol. The van der Waals surface area contributed by atoms with E-state index in [1.807, 2.05) is 24.3 Å². The van der Waals surface area contributed by atoms with Gasteiger partial charge in [0.1, 0.15) is 5.75 Å². The molecule has 1 fully saturated rings. The summed E-state index contributed by atoms with van der Waals surface area (Å²) < 4.78 is 6.01. The van der Waals surface area contributed by atoms with Gasteiger partial charge >= 0.3 is 5.97 Å². The van der Waals surface area contributed by atoms with Gasteiger partial charge in [-0.3, -0.25) is 5.43 Å². The third-order valence-corrected chi connectivity index (χ3v) is 4.27. The Kier molecular flexibility index (Phi) is 5.67. The molecule has 0 aliphatic heterocycles. The van der Waals surface area contributed by atoms with E-state index < -0.39 is 5.97 Å². The Labute approximate surface area is 147 Å². The number of ether oxygens (including phenoxy) is 1. The summed E-state index contributed by atoms with van der Waals surface area (Å²) in [5.41, 5.74) is 4.84. The lowest BCUT2D eigenvalue weighted by Crippen LogP contribution is -2.19. The standard InChI is InChI=1S/C20H22N2O3/c23-20(24)16-8-10-17(11-9-16)22-21-14-15-6-12-19(13-7-15)25-18-4-2-1-3-5-18/h6-14,18,22H,1-5H2,(H,23,24). The van der Waals surface area contributed by atoms with Gasteiger partial charge in [0.15, 0.2) is 0 Å². The molecular formula is C20H22N2O3. The first-order valence-electron chi connectivity index (χ1n) is 8.60. The number of benzene rings is 2. The summed E-state index contributed by atoms with van der Waals surface area (Å²) in [6.07, 6.45) is 8.20. The van der Waals surface area contributed by atoms with Crippen LogP contribution in [0.5, 0.6) is 5.75 Å². The van der Waals surface area contributed by atoms with E-state index in [-0.39, 0.29) is 5.56 Å². The Morgan fingerprint density at radius 2 is 1.72 bits per heavy atom. The maximum Gasteiger partial charge on any atom is 0.335 e. The van der Waals surface area contributed by atoms with Gasteiger partial charge in [-0.1, -0.05) is 6.42 Å². The molecule has 130 valence electrons. The summed E-state index contributed by atoms with van der Waals surface area (Å²) in [4.78, 5) is 10.8. The maximum absolute atomic E-state index is 10.8. The van der Waals surface area contributed by atoms with Crippen molar-refractivity contribution in [2.24, 2.45) is 5.10 Å². The lowest BCUT2D eigenvalue weighted by molar-refractivity contribution is 0.0697. The topological polar surface area (TPSA) is 70.9 Å². The van der Waals surface area contributed by atoms with Crippen LogP contribution in [-0.2, 0) is 0 Å². The molecule has 0 saturated heterocycles. The van der Waals surface area contributed by atoms with Crippen LogP contribution in [0.1, 0.15) is 48.0 Å². The van der Waals surface area contributed by atoms with E-state index >= 15 is 0 Å². The smallest absolute Gasteiger partial charge is 0.335 e. The van der Waals surface area contributed by atoms with Gasteiger partial charge < -0.3 is 9.84 Å². The summed E-state index contributed by atoms with van der Waals surface area (Å²) in [7, 11) is 0. The molecule has 0 bridgehead atoms. The average Bonchev–Trinajstić information content (AvgIpc) is 2.64. The van der Waals surface area contributed by atoms with Crippen molar-refractivity contribution in [1.82, 2.24) is 0 Å². The second-order valence-corrected chi connectivity index (χ2v) is 6.20. The van der Waals surface area contributed by atoms with Crippen LogP contribution in [0, 0.1) is 0 Å². The second kappa shape index (κ2) is 8.33. The van der Waals surface area contributed by atoms with Crippen LogP contribution in [0.25, 0.3) is 0 Å². The minimum Gasteiger partial charge on any atom is -0.490 e. The fourth-order valence-electron chi connectivity index (χ4n) is 2.88. The van der Waals surface area contributed by atoms with Gasteiger partial charge in [-0.25, -0.2) is 4.79 Å². The normalized spacial score (nSPS) is 15.2. The molecule has 0 atom stereocenters. The molecule has 5 nitrogen and oxygen atoms in total. The van der Waals surface area contributed by atoms with E-state index in [9.17, 15) is 4.79 Å². The lowest BCUT2D eigenvalue weighted by Gasteiger charge is -2.22. The van der Waals surface area contributed by atoms with E-state index in [1.165, 1.54) is 31.4 Å². The van der Waals surface area contributed by atoms with Gasteiger partial charge in [-0.05, 0) is 79.8 Å². The first-order valence-corrected chi connectivity index (χ1v) is 8.60. The number of aromatic carboxylic acids is 1. The van der Waals surface area contributed by atoms with Crippen molar-refractivity contribution in [3.05, 3.63) is 59.7 Å². The van der Waals surface area contributed by atoms with Crippen LogP contribution in [0.4, 0.5) is 5.69 Å². The third-order valence-electron chi connectivity index (χ3n) is 4.27. The number of hydrazone groups is 1. The van der Waals surface area contributed by atoms with Crippen LogP contribution in [0.15, 0.2) is 53.6 Å². The number of nitrogens with one attached hydrogen (secondary N) is 1. The zero-order chi connectivity index (χ0) is 17.5. The van der Waals surface area contributed by atoms with Gasteiger partial charge in [0.2, 0.25) is 0 Å². The van der Waals surface area contributed by atoms with Crippen molar-refractivity contribution in [2.75, 3.05) is 5.43 Å². The van der Waals surface area contributed by atoms with Gasteiger partial charge in [-0.15, -0.1) is 0 Å². The molecule has 0 amide bonds. The molecule has 5 heteroatoms. The number of carboxylic acids is 1. The number of nitrogens with zero attached hydrogens (tertiary/aromatic N) is 1. The number of carbonyl (C=O) groups is 1. The molecule has 0 heterocycles. The van der Waals surface area contributed by atoms with E-state index in [4.69, 9.17) is 9.84 Å². The molecule has 0 spiro atoms. The van der Waals surface area contributed by atoms with Crippen LogP contribution in [-0.4, -0.2) is 23.4 Å². The fourth-order valence-corrected chi connectivity index (χ4v) is 2.88. The van der Waals surface area contributed by atoms with Crippen molar-refractivity contribution in [1.29, 1.82) is 0 Å². The summed E-state index contributed by atoms with van der Waals surface area (Å²) >= 11 is 0. The number of carboxylic acid groups (broad SMARTS) is 1. The predicted octanol–water partition coefficient (Wildman–Crippen LogP) is 4.54. The van der Waals surface area contributed by atoms with E-state index in [1.54, 1.807) is 18.3 Å². The first-order chi connectivity index (χ1) is 12.2. The van der Waals surface area contributed by atoms with Gasteiger partial charge in [0.05, 0.1) is 23.6 Å². The van der Waals surface area contributed by atoms with Crippen molar-refractivity contribution in [3.63, 3.8) is 0 Å². The molecule has 1 aliphatic rings. The minimum atomic E-state index is -0.939. The van der Waals surface area contributed by atoms with Crippen LogP contribution >= 0.6 is 0 Å². The minimum absolute atomic E-state index is 0.253. The first kappa shape index (κ1) is 17.0. The maximum atomic E-state index is 10.8. The van der Waals surface area contributed by atoms with Crippen LogP contribution in [0.3, 0.4) is 0 Å². The Balaban J connectivity index is 1.52. The van der Waals surface area contributed by atoms with E-state index in [0.717, 1.165) is 29.8 Å². The summed E-state index contributed by atoms with van der Waals surface area (Å²) in [5, 5.41) is 13.0. The zero-order valence-electron chi connectivity index (χ0n) is 14.0. The lowest BCUT2D eigenvalue weighted by atomic mass is 9.98. The monoisotopic (exact) mass is 338 g/mol. The highest BCUT2D eigenvalue weighted by atomic mass is 16.5. The number of rotatable bonds is 6. The molecule has 1 aliphatic carbocycles. The third kappa shape index (κ3) is 5.08. The zero-order valence-corrected chi connectivity index (χ0v) is 14.0. The predicted molar refractivity (Wildman–Crippen MR) is 98.6 cm³/mol. The SMILES string of the molecule is O=C(O)c1ccc(NN=Cc2ccc(OC3CCCCC3)cc2)cc1. The van der Waals surface area contributed by atoms with Crippen molar-refractivity contribution in [2.45, 2.75) is 38.2 Å². The number of hydrogen-bond donors (Lipinski definition) is 2. The molecule has 2 N–H and O–H groups in total. The molecule has 0 unspecified atom stereocenters. The molecule has 1 saturated carbocycles.